The number of fused-ring (bicyclic) bond motifs is 2. The second-order valence-electron chi connectivity index (χ2n) is 6.58. The van der Waals surface area contributed by atoms with Gasteiger partial charge in [0.2, 0.25) is 5.76 Å². The van der Waals surface area contributed by atoms with Crippen molar-refractivity contribution in [2.24, 2.45) is 0 Å². The van der Waals surface area contributed by atoms with E-state index in [-0.39, 0.29) is 5.91 Å². The van der Waals surface area contributed by atoms with Crippen molar-refractivity contribution in [1.29, 1.82) is 0 Å². The molecule has 1 aliphatic heterocycles. The zero-order chi connectivity index (χ0) is 16.7. The lowest BCUT2D eigenvalue weighted by molar-refractivity contribution is 0.0662. The molecule has 2 aromatic heterocycles. The molecule has 0 saturated carbocycles. The molecule has 0 fully saturated rings. The summed E-state index contributed by atoms with van der Waals surface area (Å²) in [4.78, 5) is 14.6. The molecule has 0 spiro atoms. The summed E-state index contributed by atoms with van der Waals surface area (Å²) in [5, 5.41) is 18.5. The van der Waals surface area contributed by atoms with Crippen LogP contribution in [0.5, 0.6) is 0 Å². The number of aromatic nitrogens is 3. The molecule has 1 amide bonds. The maximum Gasteiger partial charge on any atom is 0.293 e. The Labute approximate surface area is 140 Å². The van der Waals surface area contributed by atoms with Gasteiger partial charge in [-0.2, -0.15) is 5.10 Å². The summed E-state index contributed by atoms with van der Waals surface area (Å²) in [5.74, 6) is 0.321. The van der Waals surface area contributed by atoms with Crippen molar-refractivity contribution in [3.63, 3.8) is 0 Å². The summed E-state index contributed by atoms with van der Waals surface area (Å²) in [6.07, 6.45) is 4.05. The van der Waals surface area contributed by atoms with Crippen molar-refractivity contribution in [2.75, 3.05) is 6.54 Å². The van der Waals surface area contributed by atoms with Gasteiger partial charge in [0, 0.05) is 12.1 Å². The van der Waals surface area contributed by atoms with Crippen LogP contribution in [0, 0.1) is 0 Å². The van der Waals surface area contributed by atoms with Crippen LogP contribution in [-0.2, 0) is 25.9 Å². The number of aryl methyl sites for hydroxylation is 1. The first-order valence-electron chi connectivity index (χ1n) is 8.68. The van der Waals surface area contributed by atoms with Crippen molar-refractivity contribution in [3.8, 4) is 0 Å². The number of carbonyl (C=O) groups excluding carboxylic acids is 1. The van der Waals surface area contributed by atoms with Crippen LogP contribution in [0.3, 0.4) is 0 Å². The van der Waals surface area contributed by atoms with E-state index in [1.807, 2.05) is 17.7 Å². The first-order chi connectivity index (χ1) is 11.7. The van der Waals surface area contributed by atoms with E-state index in [1.165, 1.54) is 0 Å². The second kappa shape index (κ2) is 6.05. The third-order valence-corrected chi connectivity index (χ3v) is 4.99. The molecule has 4 rings (SSSR count). The van der Waals surface area contributed by atoms with Gasteiger partial charge in [-0.1, -0.05) is 12.1 Å². The molecule has 0 aromatic carbocycles. The average molecular weight is 330 g/mol. The molecule has 3 heterocycles. The SMILES string of the molecule is CCC(O)c1cc2n(n1)CCN(C(=O)c1onc3c1CCCC3)C2. The highest BCUT2D eigenvalue weighted by molar-refractivity contribution is 5.93. The predicted octanol–water partition coefficient (Wildman–Crippen LogP) is 1.85. The van der Waals surface area contributed by atoms with Crippen LogP contribution >= 0.6 is 0 Å². The van der Waals surface area contributed by atoms with Crippen LogP contribution in [0.4, 0.5) is 0 Å². The Morgan fingerprint density at radius 2 is 2.21 bits per heavy atom. The van der Waals surface area contributed by atoms with E-state index in [4.69, 9.17) is 4.52 Å². The number of hydrogen-bond donors (Lipinski definition) is 1. The fraction of sp³-hybridized carbons (Fsp3) is 0.588. The molecule has 24 heavy (non-hydrogen) atoms. The lowest BCUT2D eigenvalue weighted by Gasteiger charge is -2.27. The fourth-order valence-corrected chi connectivity index (χ4v) is 3.54. The van der Waals surface area contributed by atoms with Crippen LogP contribution < -0.4 is 0 Å². The van der Waals surface area contributed by atoms with E-state index in [1.54, 1.807) is 4.90 Å². The van der Waals surface area contributed by atoms with Gasteiger partial charge in [-0.3, -0.25) is 9.48 Å². The van der Waals surface area contributed by atoms with Gasteiger partial charge >= 0.3 is 0 Å². The summed E-state index contributed by atoms with van der Waals surface area (Å²) < 4.78 is 7.26. The maximum atomic E-state index is 12.9. The van der Waals surface area contributed by atoms with Crippen molar-refractivity contribution >= 4 is 5.91 Å². The van der Waals surface area contributed by atoms with E-state index < -0.39 is 6.10 Å². The van der Waals surface area contributed by atoms with Gasteiger partial charge in [0.15, 0.2) is 0 Å². The third kappa shape index (κ3) is 2.53. The van der Waals surface area contributed by atoms with E-state index in [2.05, 4.69) is 10.3 Å². The molecule has 0 radical (unpaired) electrons. The summed E-state index contributed by atoms with van der Waals surface area (Å²) in [6.45, 7) is 3.63. The summed E-state index contributed by atoms with van der Waals surface area (Å²) in [6, 6.07) is 1.89. The number of aliphatic hydroxyl groups is 1. The minimum Gasteiger partial charge on any atom is -0.387 e. The number of hydrogen-bond acceptors (Lipinski definition) is 5. The Balaban J connectivity index is 1.55. The molecule has 1 unspecified atom stereocenters. The fourth-order valence-electron chi connectivity index (χ4n) is 3.54. The molecule has 7 nitrogen and oxygen atoms in total. The smallest absolute Gasteiger partial charge is 0.293 e. The first-order valence-corrected chi connectivity index (χ1v) is 8.68. The predicted molar refractivity (Wildman–Crippen MR) is 85.4 cm³/mol. The molecule has 2 aromatic rings. The molecule has 7 heteroatoms. The standard InChI is InChI=1S/C17H22N4O3/c1-2-15(22)14-9-11-10-20(7-8-21(11)18-14)17(23)16-12-5-3-4-6-13(12)19-24-16/h9,15,22H,2-8,10H2,1H3. The van der Waals surface area contributed by atoms with Crippen LogP contribution in [-0.4, -0.2) is 37.4 Å². The van der Waals surface area contributed by atoms with Crippen LogP contribution in [0.15, 0.2) is 10.6 Å². The van der Waals surface area contributed by atoms with Crippen LogP contribution in [0.25, 0.3) is 0 Å². The second-order valence-corrected chi connectivity index (χ2v) is 6.58. The van der Waals surface area contributed by atoms with E-state index >= 15 is 0 Å². The maximum absolute atomic E-state index is 12.9. The highest BCUT2D eigenvalue weighted by atomic mass is 16.5. The summed E-state index contributed by atoms with van der Waals surface area (Å²) >= 11 is 0. The van der Waals surface area contributed by atoms with Crippen LogP contribution in [0.2, 0.25) is 0 Å². The van der Waals surface area contributed by atoms with Crippen molar-refractivity contribution in [3.05, 3.63) is 34.5 Å². The number of rotatable bonds is 3. The zero-order valence-electron chi connectivity index (χ0n) is 13.9. The van der Waals surface area contributed by atoms with E-state index in [0.717, 1.165) is 42.6 Å². The highest BCUT2D eigenvalue weighted by Crippen LogP contribution is 2.26. The molecule has 0 bridgehead atoms. The van der Waals surface area contributed by atoms with Gasteiger partial charge in [-0.25, -0.2) is 0 Å². The first kappa shape index (κ1) is 15.4. The zero-order valence-corrected chi connectivity index (χ0v) is 13.9. The number of nitrogens with zero attached hydrogens (tertiary/aromatic N) is 4. The Hall–Kier alpha value is -2.15. The molecule has 128 valence electrons. The van der Waals surface area contributed by atoms with Gasteiger partial charge in [-0.15, -0.1) is 0 Å². The van der Waals surface area contributed by atoms with Gasteiger partial charge in [0.25, 0.3) is 5.91 Å². The molecule has 1 aliphatic carbocycles. The third-order valence-electron chi connectivity index (χ3n) is 4.99. The van der Waals surface area contributed by atoms with Crippen molar-refractivity contribution in [2.45, 2.75) is 58.2 Å². The molecular formula is C17H22N4O3. The number of amides is 1. The van der Waals surface area contributed by atoms with Gasteiger partial charge < -0.3 is 14.5 Å². The molecule has 1 N–H and O–H groups in total. The highest BCUT2D eigenvalue weighted by Gasteiger charge is 2.30. The monoisotopic (exact) mass is 330 g/mol. The molecule has 1 atom stereocenters. The molecular weight excluding hydrogens is 308 g/mol. The van der Waals surface area contributed by atoms with Gasteiger partial charge in [0.05, 0.1) is 36.3 Å². The van der Waals surface area contributed by atoms with E-state index in [0.29, 0.717) is 37.5 Å². The lowest BCUT2D eigenvalue weighted by atomic mass is 9.96. The van der Waals surface area contributed by atoms with Crippen molar-refractivity contribution in [1.82, 2.24) is 19.8 Å². The van der Waals surface area contributed by atoms with Gasteiger partial charge in [-0.05, 0) is 38.2 Å². The Bertz CT molecular complexity index is 764. The van der Waals surface area contributed by atoms with Crippen molar-refractivity contribution < 1.29 is 14.4 Å². The van der Waals surface area contributed by atoms with Gasteiger partial charge in [0.1, 0.15) is 0 Å². The topological polar surface area (TPSA) is 84.4 Å². The van der Waals surface area contributed by atoms with Crippen LogP contribution in [0.1, 0.15) is 65.5 Å². The number of carbonyl (C=O) groups is 1. The lowest BCUT2D eigenvalue weighted by Crippen LogP contribution is -2.38. The number of aliphatic hydroxyl groups excluding tert-OH is 1. The Morgan fingerprint density at radius 1 is 1.38 bits per heavy atom. The molecule has 0 saturated heterocycles. The minimum atomic E-state index is -0.548. The van der Waals surface area contributed by atoms with E-state index in [9.17, 15) is 9.90 Å². The Kier molecular flexibility index (Phi) is 3.88. The minimum absolute atomic E-state index is 0.0873. The summed E-state index contributed by atoms with van der Waals surface area (Å²) in [5.41, 5.74) is 3.57. The molecule has 2 aliphatic rings. The largest absolute Gasteiger partial charge is 0.387 e. The quantitative estimate of drug-likeness (QED) is 0.928. The average Bonchev–Trinajstić information content (AvgIpc) is 3.23. The normalized spacial score (nSPS) is 18.2. The Morgan fingerprint density at radius 3 is 3.04 bits per heavy atom. The summed E-state index contributed by atoms with van der Waals surface area (Å²) in [7, 11) is 0.